The maximum Gasteiger partial charge on any atom is 0.260 e. The third-order valence-electron chi connectivity index (χ3n) is 2.88. The molecule has 0 spiro atoms. The summed E-state index contributed by atoms with van der Waals surface area (Å²) in [6.07, 6.45) is 2.20. The van der Waals surface area contributed by atoms with Gasteiger partial charge in [-0.3, -0.25) is 4.79 Å². The molecule has 0 saturated carbocycles. The Morgan fingerprint density at radius 1 is 1.24 bits per heavy atom. The number of ether oxygens (including phenoxy) is 2. The van der Waals surface area contributed by atoms with Gasteiger partial charge < -0.3 is 14.4 Å². The van der Waals surface area contributed by atoms with E-state index in [2.05, 4.69) is 0 Å². The number of nitrogens with zero attached hydrogens (tertiary/aromatic N) is 1. The van der Waals surface area contributed by atoms with Crippen LogP contribution in [0.4, 0.5) is 0 Å². The Balaban J connectivity index is 1.90. The molecule has 0 radical (unpaired) electrons. The third-order valence-corrected chi connectivity index (χ3v) is 2.88. The number of para-hydroxylation sites is 2. The lowest BCUT2D eigenvalue weighted by atomic mass is 10.3. The van der Waals surface area contributed by atoms with E-state index in [9.17, 15) is 4.79 Å². The smallest absolute Gasteiger partial charge is 0.260 e. The third kappa shape index (κ3) is 2.90. The first-order chi connectivity index (χ1) is 8.31. The van der Waals surface area contributed by atoms with Crippen LogP contribution in [0.15, 0.2) is 24.3 Å². The molecule has 1 fully saturated rings. The van der Waals surface area contributed by atoms with Crippen molar-refractivity contribution in [1.29, 1.82) is 0 Å². The standard InChI is InChI=1S/C13H17NO3/c1-16-11-6-2-3-7-12(11)17-10-13(15)14-8-4-5-9-14/h2-3,6-7H,4-5,8-10H2,1H3. The number of hydrogen-bond acceptors (Lipinski definition) is 3. The Morgan fingerprint density at radius 2 is 1.88 bits per heavy atom. The Bertz CT molecular complexity index is 386. The monoisotopic (exact) mass is 235 g/mol. The molecule has 1 aromatic rings. The van der Waals surface area contributed by atoms with Gasteiger partial charge in [-0.1, -0.05) is 12.1 Å². The van der Waals surface area contributed by atoms with Crippen LogP contribution in [-0.4, -0.2) is 37.6 Å². The Morgan fingerprint density at radius 3 is 2.53 bits per heavy atom. The van der Waals surface area contributed by atoms with Gasteiger partial charge in [-0.05, 0) is 25.0 Å². The highest BCUT2D eigenvalue weighted by Gasteiger charge is 2.18. The van der Waals surface area contributed by atoms with Crippen molar-refractivity contribution >= 4 is 5.91 Å². The maximum atomic E-state index is 11.8. The van der Waals surface area contributed by atoms with Crippen LogP contribution in [0.1, 0.15) is 12.8 Å². The van der Waals surface area contributed by atoms with Crippen LogP contribution in [0.2, 0.25) is 0 Å². The Hall–Kier alpha value is -1.71. The van der Waals surface area contributed by atoms with E-state index >= 15 is 0 Å². The van der Waals surface area contributed by atoms with E-state index < -0.39 is 0 Å². The highest BCUT2D eigenvalue weighted by Crippen LogP contribution is 2.25. The molecular weight excluding hydrogens is 218 g/mol. The zero-order valence-corrected chi connectivity index (χ0v) is 10.0. The average Bonchev–Trinajstić information content (AvgIpc) is 2.90. The van der Waals surface area contributed by atoms with Gasteiger partial charge in [0.25, 0.3) is 5.91 Å². The van der Waals surface area contributed by atoms with Crippen molar-refractivity contribution in [2.45, 2.75) is 12.8 Å². The SMILES string of the molecule is COc1ccccc1OCC(=O)N1CCCC1. The van der Waals surface area contributed by atoms with Crippen LogP contribution in [0, 0.1) is 0 Å². The lowest BCUT2D eigenvalue weighted by molar-refractivity contribution is -0.132. The molecule has 0 aromatic heterocycles. The summed E-state index contributed by atoms with van der Waals surface area (Å²) >= 11 is 0. The molecule has 0 aliphatic carbocycles. The van der Waals surface area contributed by atoms with Crippen LogP contribution in [0.25, 0.3) is 0 Å². The summed E-state index contributed by atoms with van der Waals surface area (Å²) in [5.74, 6) is 1.32. The number of methoxy groups -OCH3 is 1. The van der Waals surface area contributed by atoms with Crippen molar-refractivity contribution in [1.82, 2.24) is 4.90 Å². The van der Waals surface area contributed by atoms with E-state index in [-0.39, 0.29) is 12.5 Å². The van der Waals surface area contributed by atoms with Gasteiger partial charge in [-0.2, -0.15) is 0 Å². The molecule has 4 nitrogen and oxygen atoms in total. The van der Waals surface area contributed by atoms with Crippen molar-refractivity contribution < 1.29 is 14.3 Å². The quantitative estimate of drug-likeness (QED) is 0.797. The lowest BCUT2D eigenvalue weighted by Gasteiger charge is -2.16. The predicted molar refractivity (Wildman–Crippen MR) is 64.3 cm³/mol. The van der Waals surface area contributed by atoms with Gasteiger partial charge in [0.05, 0.1) is 7.11 Å². The largest absolute Gasteiger partial charge is 0.493 e. The highest BCUT2D eigenvalue weighted by molar-refractivity contribution is 5.78. The van der Waals surface area contributed by atoms with Crippen LogP contribution in [-0.2, 0) is 4.79 Å². The minimum absolute atomic E-state index is 0.0495. The molecule has 1 aliphatic heterocycles. The highest BCUT2D eigenvalue weighted by atomic mass is 16.5. The normalized spacial score (nSPS) is 14.8. The number of carbonyl (C=O) groups excluding carboxylic acids is 1. The second-order valence-electron chi connectivity index (χ2n) is 4.03. The fraction of sp³-hybridized carbons (Fsp3) is 0.462. The zero-order chi connectivity index (χ0) is 12.1. The molecule has 0 bridgehead atoms. The first-order valence-electron chi connectivity index (χ1n) is 5.85. The summed E-state index contributed by atoms with van der Waals surface area (Å²) in [6, 6.07) is 7.35. The van der Waals surface area contributed by atoms with Gasteiger partial charge in [0.1, 0.15) is 0 Å². The zero-order valence-electron chi connectivity index (χ0n) is 10.0. The first-order valence-corrected chi connectivity index (χ1v) is 5.85. The van der Waals surface area contributed by atoms with E-state index in [0.717, 1.165) is 25.9 Å². The van der Waals surface area contributed by atoms with E-state index in [1.807, 2.05) is 23.1 Å². The van der Waals surface area contributed by atoms with Crippen molar-refractivity contribution in [2.24, 2.45) is 0 Å². The molecule has 92 valence electrons. The minimum atomic E-state index is 0.0495. The molecule has 0 unspecified atom stereocenters. The number of carbonyl (C=O) groups is 1. The topological polar surface area (TPSA) is 38.8 Å². The van der Waals surface area contributed by atoms with Gasteiger partial charge in [0.15, 0.2) is 18.1 Å². The van der Waals surface area contributed by atoms with Gasteiger partial charge in [-0.25, -0.2) is 0 Å². The van der Waals surface area contributed by atoms with Crippen LogP contribution < -0.4 is 9.47 Å². The van der Waals surface area contributed by atoms with Crippen molar-refractivity contribution in [3.05, 3.63) is 24.3 Å². The number of benzene rings is 1. The molecule has 1 heterocycles. The predicted octanol–water partition coefficient (Wildman–Crippen LogP) is 1.70. The van der Waals surface area contributed by atoms with E-state index in [0.29, 0.717) is 11.5 Å². The molecule has 1 saturated heterocycles. The molecule has 1 amide bonds. The van der Waals surface area contributed by atoms with Crippen molar-refractivity contribution in [3.8, 4) is 11.5 Å². The van der Waals surface area contributed by atoms with Gasteiger partial charge in [0.2, 0.25) is 0 Å². The molecule has 2 rings (SSSR count). The molecule has 17 heavy (non-hydrogen) atoms. The summed E-state index contributed by atoms with van der Waals surface area (Å²) in [6.45, 7) is 1.79. The van der Waals surface area contributed by atoms with Gasteiger partial charge >= 0.3 is 0 Å². The second kappa shape index (κ2) is 5.57. The summed E-state index contributed by atoms with van der Waals surface area (Å²) in [7, 11) is 1.59. The van der Waals surface area contributed by atoms with E-state index in [1.165, 1.54) is 0 Å². The molecule has 1 aromatic carbocycles. The van der Waals surface area contributed by atoms with Gasteiger partial charge in [-0.15, -0.1) is 0 Å². The number of amides is 1. The molecule has 0 N–H and O–H groups in total. The van der Waals surface area contributed by atoms with Crippen LogP contribution >= 0.6 is 0 Å². The summed E-state index contributed by atoms with van der Waals surface area (Å²) < 4.78 is 10.6. The fourth-order valence-electron chi connectivity index (χ4n) is 1.94. The number of likely N-dealkylation sites (tertiary alicyclic amines) is 1. The summed E-state index contributed by atoms with van der Waals surface area (Å²) in [5.41, 5.74) is 0. The number of rotatable bonds is 4. The average molecular weight is 235 g/mol. The van der Waals surface area contributed by atoms with Gasteiger partial charge in [0, 0.05) is 13.1 Å². The maximum absolute atomic E-state index is 11.8. The molecule has 4 heteroatoms. The Labute approximate surface area is 101 Å². The molecule has 1 aliphatic rings. The van der Waals surface area contributed by atoms with Crippen LogP contribution in [0.5, 0.6) is 11.5 Å². The van der Waals surface area contributed by atoms with Crippen molar-refractivity contribution in [2.75, 3.05) is 26.8 Å². The van der Waals surface area contributed by atoms with Crippen molar-refractivity contribution in [3.63, 3.8) is 0 Å². The fourth-order valence-corrected chi connectivity index (χ4v) is 1.94. The summed E-state index contributed by atoms with van der Waals surface area (Å²) in [4.78, 5) is 13.6. The lowest BCUT2D eigenvalue weighted by Crippen LogP contribution is -2.32. The number of hydrogen-bond donors (Lipinski definition) is 0. The van der Waals surface area contributed by atoms with E-state index in [1.54, 1.807) is 13.2 Å². The Kier molecular flexibility index (Phi) is 3.85. The first kappa shape index (κ1) is 11.8. The molecule has 0 atom stereocenters. The second-order valence-corrected chi connectivity index (χ2v) is 4.03. The van der Waals surface area contributed by atoms with E-state index in [4.69, 9.17) is 9.47 Å². The minimum Gasteiger partial charge on any atom is -0.493 e. The summed E-state index contributed by atoms with van der Waals surface area (Å²) in [5, 5.41) is 0. The van der Waals surface area contributed by atoms with Crippen LogP contribution in [0.3, 0.4) is 0 Å². The molecular formula is C13H17NO3.